The summed E-state index contributed by atoms with van der Waals surface area (Å²) in [7, 11) is -1.16. The highest BCUT2D eigenvalue weighted by atomic mass is 16.7. The number of aromatic amines is 2. The van der Waals surface area contributed by atoms with Crippen molar-refractivity contribution in [2.75, 3.05) is 0 Å². The number of H-pyrrole nitrogens is 2. The fraction of sp³-hybridized carbons (Fsp3) is 0.375. The van der Waals surface area contributed by atoms with E-state index in [2.05, 4.69) is 77.5 Å². The molecule has 0 radical (unpaired) electrons. The molecule has 3 aromatic heterocycles. The van der Waals surface area contributed by atoms with Gasteiger partial charge in [-0.15, -0.1) is 0 Å². The average molecular weight is 562 g/mol. The van der Waals surface area contributed by atoms with Crippen molar-refractivity contribution < 1.29 is 18.6 Å². The Balaban J connectivity index is 1.47. The number of rotatable bonds is 2. The molecule has 0 aliphatic carbocycles. The minimum absolute atomic E-state index is 0.473. The van der Waals surface area contributed by atoms with Gasteiger partial charge in [0.25, 0.3) is 0 Å². The second-order valence-electron chi connectivity index (χ2n) is 13.5. The van der Waals surface area contributed by atoms with E-state index in [1.807, 2.05) is 48.6 Å². The van der Waals surface area contributed by atoms with E-state index in [0.717, 1.165) is 55.8 Å². The van der Waals surface area contributed by atoms with Gasteiger partial charge in [0.1, 0.15) is 0 Å². The number of fused-ring (bicyclic) bond motifs is 8. The van der Waals surface area contributed by atoms with Crippen LogP contribution in [0.4, 0.5) is 0 Å². The SMILES string of the molecule is CC1(C)OB(c2c3nc(cc4ccc([nH]4)c(B4OC(C)(C)C(C)(C)O4)c4ccc(cc5nc2C=C5)[nH]4)C=C3)OC1(C)C. The van der Waals surface area contributed by atoms with Crippen molar-refractivity contribution in [3.05, 3.63) is 59.2 Å². The van der Waals surface area contributed by atoms with E-state index in [1.165, 1.54) is 0 Å². The molecule has 8 nitrogen and oxygen atoms in total. The third-order valence-electron chi connectivity index (χ3n) is 9.46. The van der Waals surface area contributed by atoms with Crippen LogP contribution in [-0.4, -0.2) is 56.6 Å². The lowest BCUT2D eigenvalue weighted by molar-refractivity contribution is 0.00578. The molecule has 4 aliphatic heterocycles. The normalized spacial score (nSPS) is 21.4. The van der Waals surface area contributed by atoms with Crippen LogP contribution in [0.2, 0.25) is 0 Å². The third-order valence-corrected chi connectivity index (χ3v) is 9.46. The maximum absolute atomic E-state index is 6.51. The Morgan fingerprint density at radius 1 is 0.524 bits per heavy atom. The van der Waals surface area contributed by atoms with Gasteiger partial charge in [0.15, 0.2) is 0 Å². The fourth-order valence-electron chi connectivity index (χ4n) is 5.54. The van der Waals surface area contributed by atoms with E-state index in [0.29, 0.717) is 0 Å². The summed E-state index contributed by atoms with van der Waals surface area (Å²) in [5.74, 6) is 0. The molecule has 2 fully saturated rings. The molecule has 0 saturated carbocycles. The van der Waals surface area contributed by atoms with Crippen LogP contribution < -0.4 is 10.9 Å². The molecule has 0 unspecified atom stereocenters. The molecule has 214 valence electrons. The van der Waals surface area contributed by atoms with E-state index >= 15 is 0 Å². The van der Waals surface area contributed by atoms with Crippen LogP contribution >= 0.6 is 0 Å². The lowest BCUT2D eigenvalue weighted by atomic mass is 9.76. The number of nitrogens with zero attached hydrogens (tertiary/aromatic N) is 2. The van der Waals surface area contributed by atoms with Crippen molar-refractivity contribution in [3.8, 4) is 0 Å². The molecule has 10 heteroatoms. The summed E-state index contributed by atoms with van der Waals surface area (Å²) in [6.45, 7) is 16.5. The molecule has 7 rings (SSSR count). The molecular formula is C32H36B2N4O4. The topological polar surface area (TPSA) is 94.3 Å². The first-order valence-corrected chi connectivity index (χ1v) is 14.5. The van der Waals surface area contributed by atoms with Gasteiger partial charge in [0.2, 0.25) is 0 Å². The molecular weight excluding hydrogens is 526 g/mol. The van der Waals surface area contributed by atoms with Gasteiger partial charge in [-0.1, -0.05) is 0 Å². The Morgan fingerprint density at radius 3 is 1.31 bits per heavy atom. The maximum atomic E-state index is 6.51. The van der Waals surface area contributed by atoms with Crippen LogP contribution in [-0.2, 0) is 18.6 Å². The highest BCUT2D eigenvalue weighted by Crippen LogP contribution is 2.38. The summed E-state index contributed by atoms with van der Waals surface area (Å²) in [5.41, 5.74) is 6.62. The largest absolute Gasteiger partial charge is 0.499 e. The Kier molecular flexibility index (Phi) is 5.90. The standard InChI is InChI=1S/C32H36B2N4O4/c1-29(2)30(3,4)40-33(39-29)27-23-13-9-19(35-23)17-21-11-15-25(37-21)28(34-41-31(5,6)32(7,8)42-34)26-16-12-22(38-26)18-20-10-14-24(27)36-20/h9-18,35-36H,1-8H3. The van der Waals surface area contributed by atoms with Crippen LogP contribution in [0, 0.1) is 0 Å². The first kappa shape index (κ1) is 27.4. The molecule has 8 bridgehead atoms. The summed E-state index contributed by atoms with van der Waals surface area (Å²) < 4.78 is 26.0. The number of hydrogen-bond donors (Lipinski definition) is 2. The van der Waals surface area contributed by atoms with Crippen molar-refractivity contribution in [1.82, 2.24) is 19.9 Å². The summed E-state index contributed by atoms with van der Waals surface area (Å²) in [6.07, 6.45) is 8.02. The Hall–Kier alpha value is -3.43. The minimum atomic E-state index is -0.606. The smallest absolute Gasteiger partial charge is 0.399 e. The van der Waals surface area contributed by atoms with Crippen molar-refractivity contribution in [1.29, 1.82) is 0 Å². The number of hydrogen-bond acceptors (Lipinski definition) is 6. The molecule has 0 amide bonds. The van der Waals surface area contributed by atoms with Crippen LogP contribution in [0.15, 0.2) is 36.4 Å². The Labute approximate surface area is 246 Å². The highest BCUT2D eigenvalue weighted by Gasteiger charge is 2.54. The zero-order valence-corrected chi connectivity index (χ0v) is 25.5. The van der Waals surface area contributed by atoms with Gasteiger partial charge in [-0.25, -0.2) is 9.97 Å². The zero-order valence-electron chi connectivity index (χ0n) is 25.5. The highest BCUT2D eigenvalue weighted by molar-refractivity contribution is 6.66. The van der Waals surface area contributed by atoms with Gasteiger partial charge in [-0.05, 0) is 116 Å². The van der Waals surface area contributed by atoms with Crippen molar-refractivity contribution in [2.24, 2.45) is 0 Å². The number of nitrogens with one attached hydrogen (secondary N) is 2. The summed E-state index contributed by atoms with van der Waals surface area (Å²) in [6, 6.07) is 12.3. The average Bonchev–Trinajstić information content (AvgIpc) is 3.70. The predicted molar refractivity (Wildman–Crippen MR) is 170 cm³/mol. The van der Waals surface area contributed by atoms with E-state index in [9.17, 15) is 0 Å². The van der Waals surface area contributed by atoms with Crippen LogP contribution in [0.5, 0.6) is 0 Å². The summed E-state index contributed by atoms with van der Waals surface area (Å²) in [5, 5.41) is 0. The second kappa shape index (κ2) is 9.04. The Morgan fingerprint density at radius 2 is 0.905 bits per heavy atom. The van der Waals surface area contributed by atoms with Gasteiger partial charge in [0, 0.05) is 33.0 Å². The predicted octanol–water partition coefficient (Wildman–Crippen LogP) is 5.25. The van der Waals surface area contributed by atoms with Gasteiger partial charge in [-0.2, -0.15) is 0 Å². The Bertz CT molecular complexity index is 1710. The van der Waals surface area contributed by atoms with Crippen molar-refractivity contribution in [3.63, 3.8) is 0 Å². The minimum Gasteiger partial charge on any atom is -0.399 e. The van der Waals surface area contributed by atoms with Gasteiger partial charge in [0.05, 0.1) is 45.2 Å². The molecule has 3 aromatic rings. The van der Waals surface area contributed by atoms with Gasteiger partial charge >= 0.3 is 14.2 Å². The van der Waals surface area contributed by atoms with Gasteiger partial charge in [-0.3, -0.25) is 0 Å². The van der Waals surface area contributed by atoms with E-state index in [1.54, 1.807) is 0 Å². The molecule has 2 saturated heterocycles. The second-order valence-corrected chi connectivity index (χ2v) is 13.5. The fourth-order valence-corrected chi connectivity index (χ4v) is 5.54. The van der Waals surface area contributed by atoms with Crippen molar-refractivity contribution in [2.45, 2.75) is 77.8 Å². The lowest BCUT2D eigenvalue weighted by Gasteiger charge is -2.32. The molecule has 0 spiro atoms. The van der Waals surface area contributed by atoms with E-state index < -0.39 is 36.6 Å². The lowest BCUT2D eigenvalue weighted by Crippen LogP contribution is -2.41. The molecule has 7 heterocycles. The molecule has 0 aromatic carbocycles. The number of aromatic nitrogens is 4. The monoisotopic (exact) mass is 562 g/mol. The quantitative estimate of drug-likeness (QED) is 0.286. The molecule has 4 aliphatic rings. The molecule has 42 heavy (non-hydrogen) atoms. The van der Waals surface area contributed by atoms with E-state index in [4.69, 9.17) is 28.6 Å². The zero-order chi connectivity index (χ0) is 29.7. The molecule has 0 atom stereocenters. The third kappa shape index (κ3) is 4.40. The van der Waals surface area contributed by atoms with Crippen LogP contribution in [0.1, 0.15) is 78.2 Å². The van der Waals surface area contributed by atoms with Crippen LogP contribution in [0.25, 0.3) is 46.4 Å². The summed E-state index contributed by atoms with van der Waals surface area (Å²) in [4.78, 5) is 17.1. The summed E-state index contributed by atoms with van der Waals surface area (Å²) >= 11 is 0. The first-order valence-electron chi connectivity index (χ1n) is 14.5. The van der Waals surface area contributed by atoms with Gasteiger partial charge < -0.3 is 28.6 Å². The molecule has 2 N–H and O–H groups in total. The van der Waals surface area contributed by atoms with E-state index in [-0.39, 0.29) is 0 Å². The maximum Gasteiger partial charge on any atom is 0.499 e. The van der Waals surface area contributed by atoms with Crippen molar-refractivity contribution >= 4 is 71.5 Å². The van der Waals surface area contributed by atoms with Crippen LogP contribution in [0.3, 0.4) is 0 Å². The first-order chi connectivity index (χ1) is 19.7.